The number of halogens is 1. The first-order valence-electron chi connectivity index (χ1n) is 10.8. The minimum atomic E-state index is -3.45. The number of nitrogens with zero attached hydrogens (tertiary/aromatic N) is 2. The highest BCUT2D eigenvalue weighted by molar-refractivity contribution is 7.89. The summed E-state index contributed by atoms with van der Waals surface area (Å²) < 4.78 is 27.1. The van der Waals surface area contributed by atoms with Gasteiger partial charge in [0.05, 0.1) is 4.90 Å². The fourth-order valence-corrected chi connectivity index (χ4v) is 5.35. The molecule has 3 aromatic carbocycles. The molecule has 0 aliphatic carbocycles. The maximum absolute atomic E-state index is 12.8. The topological polar surface area (TPSA) is 69.7 Å². The molecule has 172 valence electrons. The fraction of sp³-hybridized carbons (Fsp3) is 0.240. The lowest BCUT2D eigenvalue weighted by Crippen LogP contribution is -2.48. The number of benzene rings is 3. The van der Waals surface area contributed by atoms with E-state index in [-0.39, 0.29) is 5.91 Å². The van der Waals surface area contributed by atoms with Gasteiger partial charge < -0.3 is 5.32 Å². The molecule has 0 atom stereocenters. The van der Waals surface area contributed by atoms with Crippen molar-refractivity contribution in [1.29, 1.82) is 0 Å². The zero-order chi connectivity index (χ0) is 23.3. The monoisotopic (exact) mass is 483 g/mol. The molecular weight excluding hydrogens is 458 g/mol. The van der Waals surface area contributed by atoms with Gasteiger partial charge in [0.15, 0.2) is 0 Å². The van der Waals surface area contributed by atoms with Crippen LogP contribution >= 0.6 is 11.6 Å². The van der Waals surface area contributed by atoms with Crippen LogP contribution in [-0.4, -0.2) is 49.7 Å². The number of sulfonamides is 1. The lowest BCUT2D eigenvalue weighted by molar-refractivity contribution is 0.0951. The lowest BCUT2D eigenvalue weighted by atomic mass is 10.1. The largest absolute Gasteiger partial charge is 0.348 e. The third-order valence-corrected chi connectivity index (χ3v) is 7.87. The summed E-state index contributed by atoms with van der Waals surface area (Å²) in [7, 11) is -3.45. The molecule has 1 fully saturated rings. The van der Waals surface area contributed by atoms with Crippen molar-refractivity contribution >= 4 is 27.5 Å². The SMILES string of the molecule is O=C(NCc1ccc(Cl)cc1)c1ccc(CN2CCN(S(=O)(=O)c3ccccc3)CC2)cc1. The molecule has 1 amide bonds. The van der Waals surface area contributed by atoms with Crippen molar-refractivity contribution in [1.82, 2.24) is 14.5 Å². The van der Waals surface area contributed by atoms with Crippen molar-refractivity contribution in [2.45, 2.75) is 18.0 Å². The number of carbonyl (C=O) groups excluding carboxylic acids is 1. The zero-order valence-electron chi connectivity index (χ0n) is 18.2. The first-order chi connectivity index (χ1) is 15.9. The summed E-state index contributed by atoms with van der Waals surface area (Å²) in [5.74, 6) is -0.128. The molecule has 0 radical (unpaired) electrons. The highest BCUT2D eigenvalue weighted by Crippen LogP contribution is 2.18. The maximum atomic E-state index is 12.8. The van der Waals surface area contributed by atoms with Crippen molar-refractivity contribution in [2.75, 3.05) is 26.2 Å². The standard InChI is InChI=1S/C25H26ClN3O3S/c26-23-12-8-20(9-13-23)18-27-25(30)22-10-6-21(7-11-22)19-28-14-16-29(17-15-28)33(31,32)24-4-2-1-3-5-24/h1-13H,14-19H2,(H,27,30). The number of hydrogen-bond donors (Lipinski definition) is 1. The van der Waals surface area contributed by atoms with E-state index in [1.807, 2.05) is 42.5 Å². The molecule has 1 aliphatic rings. The molecule has 0 unspecified atom stereocenters. The first-order valence-corrected chi connectivity index (χ1v) is 12.6. The number of amides is 1. The van der Waals surface area contributed by atoms with Gasteiger partial charge in [0.1, 0.15) is 0 Å². The van der Waals surface area contributed by atoms with Crippen LogP contribution in [0.3, 0.4) is 0 Å². The van der Waals surface area contributed by atoms with Crippen LogP contribution in [0.5, 0.6) is 0 Å². The average molecular weight is 484 g/mol. The summed E-state index contributed by atoms with van der Waals surface area (Å²) in [4.78, 5) is 15.0. The van der Waals surface area contributed by atoms with E-state index < -0.39 is 10.0 Å². The maximum Gasteiger partial charge on any atom is 0.251 e. The Morgan fingerprint density at radius 3 is 2.06 bits per heavy atom. The van der Waals surface area contributed by atoms with Gasteiger partial charge in [-0.2, -0.15) is 4.31 Å². The highest BCUT2D eigenvalue weighted by atomic mass is 35.5. The van der Waals surface area contributed by atoms with Crippen molar-refractivity contribution in [3.8, 4) is 0 Å². The third-order valence-electron chi connectivity index (χ3n) is 5.70. The van der Waals surface area contributed by atoms with Gasteiger partial charge in [-0.3, -0.25) is 9.69 Å². The summed E-state index contributed by atoms with van der Waals surface area (Å²) in [5, 5.41) is 3.58. The molecule has 1 aliphatic heterocycles. The molecule has 0 saturated carbocycles. The van der Waals surface area contributed by atoms with Crippen LogP contribution in [0.2, 0.25) is 5.02 Å². The molecule has 0 spiro atoms. The van der Waals surface area contributed by atoms with Gasteiger partial charge in [0.2, 0.25) is 10.0 Å². The van der Waals surface area contributed by atoms with Gasteiger partial charge in [-0.1, -0.05) is 54.1 Å². The second-order valence-corrected chi connectivity index (χ2v) is 10.4. The van der Waals surface area contributed by atoms with E-state index in [0.717, 1.165) is 11.1 Å². The average Bonchev–Trinajstić information content (AvgIpc) is 2.85. The predicted octanol–water partition coefficient (Wildman–Crippen LogP) is 3.78. The summed E-state index contributed by atoms with van der Waals surface area (Å²) in [6.45, 7) is 3.40. The predicted molar refractivity (Wildman–Crippen MR) is 130 cm³/mol. The smallest absolute Gasteiger partial charge is 0.251 e. The number of hydrogen-bond acceptors (Lipinski definition) is 4. The van der Waals surface area contributed by atoms with E-state index >= 15 is 0 Å². The van der Waals surface area contributed by atoms with Crippen LogP contribution in [0.25, 0.3) is 0 Å². The number of piperazine rings is 1. The molecule has 1 saturated heterocycles. The summed E-state index contributed by atoms with van der Waals surface area (Å²) in [5.41, 5.74) is 2.67. The van der Waals surface area contributed by atoms with Crippen LogP contribution < -0.4 is 5.32 Å². The second kappa shape index (κ2) is 10.5. The van der Waals surface area contributed by atoms with Crippen LogP contribution in [-0.2, 0) is 23.1 Å². The Morgan fingerprint density at radius 2 is 1.42 bits per heavy atom. The van der Waals surface area contributed by atoms with Gasteiger partial charge in [-0.15, -0.1) is 0 Å². The van der Waals surface area contributed by atoms with E-state index in [4.69, 9.17) is 11.6 Å². The van der Waals surface area contributed by atoms with Crippen molar-refractivity contribution in [2.24, 2.45) is 0 Å². The normalized spacial score (nSPS) is 15.3. The van der Waals surface area contributed by atoms with E-state index in [1.54, 1.807) is 40.7 Å². The minimum Gasteiger partial charge on any atom is -0.348 e. The molecule has 0 aromatic heterocycles. The van der Waals surface area contributed by atoms with Crippen molar-refractivity contribution < 1.29 is 13.2 Å². The molecule has 1 N–H and O–H groups in total. The van der Waals surface area contributed by atoms with Crippen molar-refractivity contribution in [3.05, 3.63) is 101 Å². The minimum absolute atomic E-state index is 0.128. The Labute approximate surface area is 199 Å². The van der Waals surface area contributed by atoms with Gasteiger partial charge in [0, 0.05) is 49.9 Å². The molecule has 1 heterocycles. The quantitative estimate of drug-likeness (QED) is 0.555. The molecule has 6 nitrogen and oxygen atoms in total. The number of rotatable bonds is 7. The summed E-state index contributed by atoms with van der Waals surface area (Å²) in [6.07, 6.45) is 0. The molecular formula is C25H26ClN3O3S. The van der Waals surface area contributed by atoms with E-state index in [1.165, 1.54) is 0 Å². The Bertz CT molecular complexity index is 1180. The first kappa shape index (κ1) is 23.4. The van der Waals surface area contributed by atoms with Crippen LogP contribution in [0.15, 0.2) is 83.8 Å². The summed E-state index contributed by atoms with van der Waals surface area (Å²) in [6, 6.07) is 23.5. The van der Waals surface area contributed by atoms with E-state index in [9.17, 15) is 13.2 Å². The van der Waals surface area contributed by atoms with Crippen LogP contribution in [0, 0.1) is 0 Å². The lowest BCUT2D eigenvalue weighted by Gasteiger charge is -2.34. The Hall–Kier alpha value is -2.71. The van der Waals surface area contributed by atoms with Crippen molar-refractivity contribution in [3.63, 3.8) is 0 Å². The van der Waals surface area contributed by atoms with Gasteiger partial charge in [0.25, 0.3) is 5.91 Å². The van der Waals surface area contributed by atoms with Gasteiger partial charge in [-0.25, -0.2) is 8.42 Å². The third kappa shape index (κ3) is 6.00. The molecule has 0 bridgehead atoms. The molecule has 33 heavy (non-hydrogen) atoms. The Morgan fingerprint density at radius 1 is 0.818 bits per heavy atom. The van der Waals surface area contributed by atoms with E-state index in [0.29, 0.717) is 54.8 Å². The molecule has 4 rings (SSSR count). The van der Waals surface area contributed by atoms with Gasteiger partial charge >= 0.3 is 0 Å². The number of nitrogens with one attached hydrogen (secondary N) is 1. The van der Waals surface area contributed by atoms with Gasteiger partial charge in [-0.05, 0) is 47.5 Å². The van der Waals surface area contributed by atoms with Crippen LogP contribution in [0.4, 0.5) is 0 Å². The summed E-state index contributed by atoms with van der Waals surface area (Å²) >= 11 is 5.89. The fourth-order valence-electron chi connectivity index (χ4n) is 3.78. The highest BCUT2D eigenvalue weighted by Gasteiger charge is 2.28. The second-order valence-electron chi connectivity index (χ2n) is 8.00. The number of carbonyl (C=O) groups is 1. The molecule has 3 aromatic rings. The Balaban J connectivity index is 1.27. The van der Waals surface area contributed by atoms with Crippen LogP contribution in [0.1, 0.15) is 21.5 Å². The zero-order valence-corrected chi connectivity index (χ0v) is 19.7. The molecule has 8 heteroatoms. The Kier molecular flexibility index (Phi) is 7.45. The van der Waals surface area contributed by atoms with E-state index in [2.05, 4.69) is 10.2 Å².